The van der Waals surface area contributed by atoms with Gasteiger partial charge in [0.15, 0.2) is 6.61 Å². The standard InChI is InChI=1S/C44H42O7S/c1-5-51-44(43(47)48,39-9-7-6-8-10-39)31-49-27-25-32(2)11-13-35-15-19-37(20-16-35)38-21-17-36(18-22-38)14-12-33(3)26-28-52-40-23-24-41(34(4)29-40)50-30-42(45)46/h6-10,15-26,29H,5,27-28,30-31H2,1-4H3,(H,45,46)(H,47,48). The highest BCUT2D eigenvalue weighted by atomic mass is 32.2. The Balaban J connectivity index is 1.27. The van der Waals surface area contributed by atoms with E-state index in [1.807, 2.05) is 81.4 Å². The van der Waals surface area contributed by atoms with Gasteiger partial charge in [-0.05, 0) is 110 Å². The van der Waals surface area contributed by atoms with Crippen LogP contribution < -0.4 is 4.74 Å². The van der Waals surface area contributed by atoms with Crippen molar-refractivity contribution in [2.24, 2.45) is 0 Å². The Morgan fingerprint density at radius 3 is 1.94 bits per heavy atom. The van der Waals surface area contributed by atoms with Gasteiger partial charge in [0.25, 0.3) is 0 Å². The molecular formula is C44H42O7S. The van der Waals surface area contributed by atoms with E-state index in [9.17, 15) is 14.7 Å². The lowest BCUT2D eigenvalue weighted by atomic mass is 9.94. The zero-order valence-electron chi connectivity index (χ0n) is 29.8. The number of aliphatic carboxylic acids is 2. The Morgan fingerprint density at radius 2 is 1.40 bits per heavy atom. The molecule has 4 aromatic carbocycles. The van der Waals surface area contributed by atoms with Crippen molar-refractivity contribution in [1.82, 2.24) is 0 Å². The van der Waals surface area contributed by atoms with Crippen LogP contribution in [0.15, 0.2) is 125 Å². The van der Waals surface area contributed by atoms with Crippen LogP contribution in [0, 0.1) is 30.6 Å². The predicted octanol–water partition coefficient (Wildman–Crippen LogP) is 8.55. The van der Waals surface area contributed by atoms with E-state index >= 15 is 0 Å². The number of allylic oxidation sites excluding steroid dienone is 2. The number of ether oxygens (including phenoxy) is 3. The molecule has 1 atom stereocenters. The van der Waals surface area contributed by atoms with E-state index in [1.54, 1.807) is 49.0 Å². The molecule has 266 valence electrons. The van der Waals surface area contributed by atoms with Crippen molar-refractivity contribution in [3.8, 4) is 40.6 Å². The van der Waals surface area contributed by atoms with Gasteiger partial charge in [-0.2, -0.15) is 0 Å². The monoisotopic (exact) mass is 714 g/mol. The highest BCUT2D eigenvalue weighted by Crippen LogP contribution is 2.28. The van der Waals surface area contributed by atoms with Crippen molar-refractivity contribution in [1.29, 1.82) is 0 Å². The summed E-state index contributed by atoms with van der Waals surface area (Å²) in [6.07, 6.45) is 3.92. The molecule has 0 aromatic heterocycles. The average Bonchev–Trinajstić information content (AvgIpc) is 3.14. The maximum Gasteiger partial charge on any atom is 0.343 e. The first kappa shape index (κ1) is 39.3. The number of rotatable bonds is 15. The number of carbonyl (C=O) groups is 2. The molecule has 0 amide bonds. The van der Waals surface area contributed by atoms with Gasteiger partial charge < -0.3 is 24.4 Å². The first-order valence-electron chi connectivity index (χ1n) is 16.8. The Morgan fingerprint density at radius 1 is 0.808 bits per heavy atom. The summed E-state index contributed by atoms with van der Waals surface area (Å²) in [6.45, 7) is 7.50. The molecular weight excluding hydrogens is 673 g/mol. The zero-order valence-corrected chi connectivity index (χ0v) is 30.6. The first-order valence-corrected chi connectivity index (χ1v) is 17.7. The van der Waals surface area contributed by atoms with Crippen molar-refractivity contribution < 1.29 is 34.0 Å². The molecule has 0 spiro atoms. The third-order valence-electron chi connectivity index (χ3n) is 7.84. The van der Waals surface area contributed by atoms with Gasteiger partial charge in [-0.15, -0.1) is 11.8 Å². The lowest BCUT2D eigenvalue weighted by Gasteiger charge is -2.29. The summed E-state index contributed by atoms with van der Waals surface area (Å²) in [4.78, 5) is 24.0. The van der Waals surface area contributed by atoms with Gasteiger partial charge in [0.1, 0.15) is 5.75 Å². The number of aryl methyl sites for hydroxylation is 1. The Bertz CT molecular complexity index is 2010. The Labute approximate surface area is 310 Å². The summed E-state index contributed by atoms with van der Waals surface area (Å²) in [5.41, 5.74) is 5.61. The molecule has 0 saturated carbocycles. The number of hydrogen-bond donors (Lipinski definition) is 2. The van der Waals surface area contributed by atoms with E-state index in [0.29, 0.717) is 11.3 Å². The highest BCUT2D eigenvalue weighted by Gasteiger charge is 2.41. The quantitative estimate of drug-likeness (QED) is 0.0718. The molecule has 0 bridgehead atoms. The normalized spacial score (nSPS) is 12.5. The van der Waals surface area contributed by atoms with Crippen molar-refractivity contribution in [2.45, 2.75) is 38.2 Å². The third-order valence-corrected chi connectivity index (χ3v) is 8.76. The lowest BCUT2D eigenvalue weighted by Crippen LogP contribution is -2.43. The minimum atomic E-state index is -1.57. The van der Waals surface area contributed by atoms with Crippen molar-refractivity contribution >= 4 is 23.7 Å². The van der Waals surface area contributed by atoms with E-state index < -0.39 is 17.5 Å². The van der Waals surface area contributed by atoms with Gasteiger partial charge in [0.2, 0.25) is 5.60 Å². The van der Waals surface area contributed by atoms with E-state index in [2.05, 4.69) is 41.9 Å². The second-order valence-electron chi connectivity index (χ2n) is 11.8. The summed E-state index contributed by atoms with van der Waals surface area (Å²) in [7, 11) is 0. The van der Waals surface area contributed by atoms with Crippen molar-refractivity contribution in [3.63, 3.8) is 0 Å². The molecule has 0 aliphatic heterocycles. The largest absolute Gasteiger partial charge is 0.482 e. The van der Waals surface area contributed by atoms with Gasteiger partial charge in [0.05, 0.1) is 13.2 Å². The molecule has 0 fully saturated rings. The molecule has 0 aliphatic rings. The van der Waals surface area contributed by atoms with Crippen LogP contribution >= 0.6 is 11.8 Å². The first-order chi connectivity index (χ1) is 25.1. The zero-order chi connectivity index (χ0) is 37.3. The van der Waals surface area contributed by atoms with Crippen LogP contribution in [0.3, 0.4) is 0 Å². The van der Waals surface area contributed by atoms with Crippen LogP contribution in [0.5, 0.6) is 5.75 Å². The maximum absolute atomic E-state index is 12.2. The Hall–Kier alpha value is -5.51. The molecule has 0 aliphatic carbocycles. The molecule has 0 heterocycles. The number of hydrogen-bond acceptors (Lipinski definition) is 6. The van der Waals surface area contributed by atoms with Gasteiger partial charge >= 0.3 is 11.9 Å². The van der Waals surface area contributed by atoms with Gasteiger partial charge in [-0.1, -0.05) is 84.4 Å². The fourth-order valence-electron chi connectivity index (χ4n) is 5.01. The van der Waals surface area contributed by atoms with Crippen LogP contribution in [-0.2, 0) is 24.7 Å². The van der Waals surface area contributed by atoms with Gasteiger partial charge in [0, 0.05) is 28.4 Å². The minimum absolute atomic E-state index is 0.128. The van der Waals surface area contributed by atoms with Gasteiger partial charge in [-0.25, -0.2) is 9.59 Å². The highest BCUT2D eigenvalue weighted by molar-refractivity contribution is 7.99. The molecule has 52 heavy (non-hydrogen) atoms. The molecule has 4 aromatic rings. The average molecular weight is 715 g/mol. The van der Waals surface area contributed by atoms with Gasteiger partial charge in [-0.3, -0.25) is 0 Å². The van der Waals surface area contributed by atoms with E-state index in [0.717, 1.165) is 49.6 Å². The van der Waals surface area contributed by atoms with Crippen LogP contribution in [-0.4, -0.2) is 54.3 Å². The van der Waals surface area contributed by atoms with Crippen molar-refractivity contribution in [2.75, 3.05) is 32.2 Å². The molecule has 7 nitrogen and oxygen atoms in total. The van der Waals surface area contributed by atoms with Crippen LogP contribution in [0.1, 0.15) is 43.0 Å². The molecule has 1 unspecified atom stereocenters. The maximum atomic E-state index is 12.2. The smallest absolute Gasteiger partial charge is 0.343 e. The number of carboxylic acids is 2. The summed E-state index contributed by atoms with van der Waals surface area (Å²) >= 11 is 1.68. The second-order valence-corrected chi connectivity index (χ2v) is 12.9. The van der Waals surface area contributed by atoms with Crippen LogP contribution in [0.25, 0.3) is 11.1 Å². The fraction of sp³-hybridized carbons (Fsp3) is 0.227. The molecule has 2 N–H and O–H groups in total. The number of carboxylic acid groups (broad SMARTS) is 2. The fourth-order valence-corrected chi connectivity index (χ4v) is 5.96. The number of benzene rings is 4. The topological polar surface area (TPSA) is 102 Å². The molecule has 4 rings (SSSR count). The summed E-state index contributed by atoms with van der Waals surface area (Å²) in [5.74, 6) is 12.0. The molecule has 8 heteroatoms. The van der Waals surface area contributed by atoms with Crippen LogP contribution in [0.2, 0.25) is 0 Å². The minimum Gasteiger partial charge on any atom is -0.482 e. The summed E-state index contributed by atoms with van der Waals surface area (Å²) in [6, 6.07) is 30.8. The molecule has 0 radical (unpaired) electrons. The summed E-state index contributed by atoms with van der Waals surface area (Å²) in [5, 5.41) is 18.8. The molecule has 0 saturated heterocycles. The Kier molecular flexibility index (Phi) is 14.9. The van der Waals surface area contributed by atoms with Crippen LogP contribution in [0.4, 0.5) is 0 Å². The van der Waals surface area contributed by atoms with E-state index in [-0.39, 0.29) is 26.4 Å². The SMILES string of the molecule is CCOC(COCC=C(C)C#Cc1ccc(-c2ccc(C#CC(C)=CCSc3ccc(OCC(=O)O)c(C)c3)cc2)cc1)(C(=O)O)c1ccccc1. The lowest BCUT2D eigenvalue weighted by molar-refractivity contribution is -0.176. The summed E-state index contributed by atoms with van der Waals surface area (Å²) < 4.78 is 16.8. The van der Waals surface area contributed by atoms with E-state index in [4.69, 9.17) is 19.3 Å². The van der Waals surface area contributed by atoms with Crippen molar-refractivity contribution in [3.05, 3.63) is 143 Å². The predicted molar refractivity (Wildman–Crippen MR) is 206 cm³/mol. The van der Waals surface area contributed by atoms with E-state index in [1.165, 1.54) is 0 Å². The third kappa shape index (κ3) is 11.8. The second kappa shape index (κ2) is 19.8. The number of thioether (sulfide) groups is 1.